The van der Waals surface area contributed by atoms with Gasteiger partial charge in [0.15, 0.2) is 0 Å². The molecule has 0 fully saturated rings. The fourth-order valence-electron chi connectivity index (χ4n) is 3.29. The Morgan fingerprint density at radius 2 is 1.28 bits per heavy atom. The number of carbonyl (C=O) groups excluding carboxylic acids is 1. The molecule has 3 aromatic carbocycles. The zero-order valence-corrected chi connectivity index (χ0v) is 16.3. The molecular formula is C25H21NO3. The van der Waals surface area contributed by atoms with Gasteiger partial charge in [0.1, 0.15) is 11.5 Å². The maximum absolute atomic E-state index is 13.2. The molecule has 0 radical (unpaired) electrons. The Kier molecular flexibility index (Phi) is 5.16. The predicted molar refractivity (Wildman–Crippen MR) is 115 cm³/mol. The average molecular weight is 383 g/mol. The lowest BCUT2D eigenvalue weighted by molar-refractivity contribution is 0.103. The molecule has 4 nitrogen and oxygen atoms in total. The molecule has 29 heavy (non-hydrogen) atoms. The minimum absolute atomic E-state index is 0.0452. The van der Waals surface area contributed by atoms with Crippen LogP contribution in [-0.2, 0) is 0 Å². The lowest BCUT2D eigenvalue weighted by Crippen LogP contribution is -2.03. The quantitative estimate of drug-likeness (QED) is 0.441. The number of hydrogen-bond acceptors (Lipinski definition) is 3. The van der Waals surface area contributed by atoms with E-state index in [1.165, 1.54) is 0 Å². The molecule has 4 aromatic rings. The first-order valence-corrected chi connectivity index (χ1v) is 9.31. The molecule has 4 rings (SSSR count). The summed E-state index contributed by atoms with van der Waals surface area (Å²) in [4.78, 5) is 16.6. The molecule has 0 aliphatic rings. The molecule has 0 saturated carbocycles. The van der Waals surface area contributed by atoms with Crippen molar-refractivity contribution in [1.29, 1.82) is 0 Å². The summed E-state index contributed by atoms with van der Waals surface area (Å²) >= 11 is 0. The summed E-state index contributed by atoms with van der Waals surface area (Å²) in [7, 11) is 3.28. The van der Waals surface area contributed by atoms with Gasteiger partial charge in [0.2, 0.25) is 5.78 Å². The van der Waals surface area contributed by atoms with Crippen molar-refractivity contribution in [3.63, 3.8) is 0 Å². The van der Waals surface area contributed by atoms with E-state index in [1.807, 2.05) is 84.9 Å². The van der Waals surface area contributed by atoms with E-state index in [1.54, 1.807) is 14.2 Å². The van der Waals surface area contributed by atoms with Crippen molar-refractivity contribution in [2.24, 2.45) is 0 Å². The number of ketones is 1. The number of aromatic nitrogens is 1. The number of benzene rings is 3. The largest absolute Gasteiger partial charge is 0.497 e. The second-order valence-corrected chi connectivity index (χ2v) is 6.62. The number of carbonyl (C=O) groups is 1. The zero-order valence-electron chi connectivity index (χ0n) is 16.3. The Balaban J connectivity index is 1.82. The van der Waals surface area contributed by atoms with Crippen molar-refractivity contribution in [3.8, 4) is 33.9 Å². The second-order valence-electron chi connectivity index (χ2n) is 6.62. The number of methoxy groups -OCH3 is 2. The van der Waals surface area contributed by atoms with Crippen LogP contribution in [0.3, 0.4) is 0 Å². The standard InChI is InChI=1S/C25H21NO3/c1-28-20-12-8-17(9-13-20)22-16-23(18-10-14-21(29-2)15-11-18)26-24(22)25(27)19-6-4-3-5-7-19/h3-16,26H,1-2H3. The third-order valence-corrected chi connectivity index (χ3v) is 4.88. The Bertz CT molecular complexity index is 1110. The van der Waals surface area contributed by atoms with Gasteiger partial charge in [0.05, 0.1) is 19.9 Å². The van der Waals surface area contributed by atoms with Crippen LogP contribution in [0.5, 0.6) is 11.5 Å². The summed E-state index contributed by atoms with van der Waals surface area (Å²) in [6.45, 7) is 0. The van der Waals surface area contributed by atoms with Crippen molar-refractivity contribution in [2.45, 2.75) is 0 Å². The number of nitrogens with one attached hydrogen (secondary N) is 1. The van der Waals surface area contributed by atoms with Gasteiger partial charge in [-0.2, -0.15) is 0 Å². The van der Waals surface area contributed by atoms with Crippen LogP contribution in [0.25, 0.3) is 22.4 Å². The Labute approximate surface area is 169 Å². The minimum atomic E-state index is -0.0452. The summed E-state index contributed by atoms with van der Waals surface area (Å²) in [6, 6.07) is 26.8. The van der Waals surface area contributed by atoms with Crippen LogP contribution < -0.4 is 9.47 Å². The minimum Gasteiger partial charge on any atom is -0.497 e. The van der Waals surface area contributed by atoms with Gasteiger partial charge in [0.25, 0.3) is 0 Å². The molecule has 1 aromatic heterocycles. The third kappa shape index (κ3) is 3.78. The van der Waals surface area contributed by atoms with E-state index in [4.69, 9.17) is 9.47 Å². The summed E-state index contributed by atoms with van der Waals surface area (Å²) in [5, 5.41) is 0. The summed E-state index contributed by atoms with van der Waals surface area (Å²) in [5.74, 6) is 1.52. The SMILES string of the molecule is COc1ccc(-c2cc(-c3ccc(OC)cc3)c(C(=O)c3ccccc3)[nH]2)cc1. The first kappa shape index (κ1) is 18.6. The van der Waals surface area contributed by atoms with Crippen molar-refractivity contribution in [2.75, 3.05) is 14.2 Å². The Morgan fingerprint density at radius 3 is 1.83 bits per heavy atom. The highest BCUT2D eigenvalue weighted by molar-refractivity contribution is 6.12. The van der Waals surface area contributed by atoms with E-state index in [0.717, 1.165) is 33.9 Å². The first-order chi connectivity index (χ1) is 14.2. The summed E-state index contributed by atoms with van der Waals surface area (Å²) in [6.07, 6.45) is 0. The van der Waals surface area contributed by atoms with Crippen molar-refractivity contribution in [3.05, 3.63) is 96.2 Å². The van der Waals surface area contributed by atoms with E-state index < -0.39 is 0 Å². The van der Waals surface area contributed by atoms with Gasteiger partial charge in [-0.05, 0) is 53.6 Å². The second kappa shape index (κ2) is 8.07. The van der Waals surface area contributed by atoms with Gasteiger partial charge in [-0.3, -0.25) is 4.79 Å². The highest BCUT2D eigenvalue weighted by atomic mass is 16.5. The molecule has 0 amide bonds. The number of H-pyrrole nitrogens is 1. The number of hydrogen-bond donors (Lipinski definition) is 1. The molecule has 0 atom stereocenters. The average Bonchev–Trinajstić information content (AvgIpc) is 3.24. The molecule has 1 N–H and O–H groups in total. The molecular weight excluding hydrogens is 362 g/mol. The van der Waals surface area contributed by atoms with Gasteiger partial charge < -0.3 is 14.5 Å². The number of ether oxygens (including phenoxy) is 2. The van der Waals surface area contributed by atoms with Crippen molar-refractivity contribution in [1.82, 2.24) is 4.98 Å². The zero-order chi connectivity index (χ0) is 20.2. The molecule has 4 heteroatoms. The van der Waals surface area contributed by atoms with E-state index in [-0.39, 0.29) is 5.78 Å². The maximum atomic E-state index is 13.2. The number of aromatic amines is 1. The molecule has 0 aliphatic heterocycles. The van der Waals surface area contributed by atoms with Gasteiger partial charge in [-0.25, -0.2) is 0 Å². The van der Waals surface area contributed by atoms with Crippen molar-refractivity contribution >= 4 is 5.78 Å². The monoisotopic (exact) mass is 383 g/mol. The molecule has 0 unspecified atom stereocenters. The van der Waals surface area contributed by atoms with E-state index >= 15 is 0 Å². The van der Waals surface area contributed by atoms with Gasteiger partial charge in [0, 0.05) is 16.8 Å². The van der Waals surface area contributed by atoms with Crippen LogP contribution in [0.2, 0.25) is 0 Å². The van der Waals surface area contributed by atoms with Crippen molar-refractivity contribution < 1.29 is 14.3 Å². The molecule has 144 valence electrons. The fraction of sp³-hybridized carbons (Fsp3) is 0.0800. The topological polar surface area (TPSA) is 51.3 Å². The molecule has 0 bridgehead atoms. The van der Waals surface area contributed by atoms with Crippen LogP contribution in [0.1, 0.15) is 16.1 Å². The highest BCUT2D eigenvalue weighted by Crippen LogP contribution is 2.32. The van der Waals surface area contributed by atoms with E-state index in [2.05, 4.69) is 4.98 Å². The Hall–Kier alpha value is -3.79. The molecule has 0 aliphatic carbocycles. The number of rotatable bonds is 6. The highest BCUT2D eigenvalue weighted by Gasteiger charge is 2.19. The van der Waals surface area contributed by atoms with Crippen LogP contribution in [0.4, 0.5) is 0 Å². The summed E-state index contributed by atoms with van der Waals surface area (Å²) in [5.41, 5.74) is 4.86. The van der Waals surface area contributed by atoms with Crippen LogP contribution in [-0.4, -0.2) is 25.0 Å². The first-order valence-electron chi connectivity index (χ1n) is 9.31. The van der Waals surface area contributed by atoms with E-state index in [0.29, 0.717) is 11.3 Å². The normalized spacial score (nSPS) is 10.6. The Morgan fingerprint density at radius 1 is 0.724 bits per heavy atom. The lowest BCUT2D eigenvalue weighted by atomic mass is 10.00. The summed E-state index contributed by atoms with van der Waals surface area (Å²) < 4.78 is 10.5. The van der Waals surface area contributed by atoms with Gasteiger partial charge in [-0.15, -0.1) is 0 Å². The van der Waals surface area contributed by atoms with Crippen LogP contribution in [0, 0.1) is 0 Å². The predicted octanol–water partition coefficient (Wildman–Crippen LogP) is 5.60. The molecule has 0 saturated heterocycles. The van der Waals surface area contributed by atoms with Gasteiger partial charge in [-0.1, -0.05) is 42.5 Å². The lowest BCUT2D eigenvalue weighted by Gasteiger charge is -2.05. The van der Waals surface area contributed by atoms with Crippen LogP contribution in [0.15, 0.2) is 84.9 Å². The molecule has 0 spiro atoms. The fourth-order valence-corrected chi connectivity index (χ4v) is 3.29. The molecule has 1 heterocycles. The smallest absolute Gasteiger partial charge is 0.209 e. The maximum Gasteiger partial charge on any atom is 0.209 e. The van der Waals surface area contributed by atoms with Crippen LogP contribution >= 0.6 is 0 Å². The van der Waals surface area contributed by atoms with E-state index in [9.17, 15) is 4.79 Å². The third-order valence-electron chi connectivity index (χ3n) is 4.88. The van der Waals surface area contributed by atoms with Gasteiger partial charge >= 0.3 is 0 Å².